The van der Waals surface area contributed by atoms with Crippen LogP contribution in [-0.4, -0.2) is 0 Å². The van der Waals surface area contributed by atoms with Gasteiger partial charge in [-0.25, -0.2) is 0 Å². The highest BCUT2D eigenvalue weighted by atomic mass is 35.5. The van der Waals surface area contributed by atoms with Gasteiger partial charge in [0.15, 0.2) is 0 Å². The van der Waals surface area contributed by atoms with Crippen molar-refractivity contribution in [3.63, 3.8) is 0 Å². The van der Waals surface area contributed by atoms with E-state index in [1.54, 1.807) is 0 Å². The molecule has 14 heavy (non-hydrogen) atoms. The average molecular weight is 237 g/mol. The fourth-order valence-corrected chi connectivity index (χ4v) is 1.22. The predicted molar refractivity (Wildman–Crippen MR) is 67.2 cm³/mol. The molecule has 0 aliphatic heterocycles. The number of nitrogen functional groups attached to an aromatic ring is 1. The van der Waals surface area contributed by atoms with Crippen molar-refractivity contribution in [3.8, 4) is 0 Å². The molecule has 0 radical (unpaired) electrons. The van der Waals surface area contributed by atoms with Crippen molar-refractivity contribution in [2.75, 3.05) is 5.73 Å². The van der Waals surface area contributed by atoms with Gasteiger partial charge in [-0.05, 0) is 24.1 Å². The van der Waals surface area contributed by atoms with Crippen molar-refractivity contribution >= 4 is 30.5 Å². The summed E-state index contributed by atoms with van der Waals surface area (Å²) in [5.41, 5.74) is 13.4. The molecule has 0 aliphatic rings. The van der Waals surface area contributed by atoms with E-state index < -0.39 is 0 Å². The normalized spacial score (nSPS) is 11.0. The molecule has 0 saturated heterocycles. The van der Waals surface area contributed by atoms with Crippen molar-refractivity contribution in [2.24, 2.45) is 5.73 Å². The summed E-state index contributed by atoms with van der Waals surface area (Å²) in [6.07, 6.45) is 2.15. The zero-order chi connectivity index (χ0) is 8.97. The fraction of sp³-hybridized carbons (Fsp3) is 0.400. The first-order valence-electron chi connectivity index (χ1n) is 4.35. The summed E-state index contributed by atoms with van der Waals surface area (Å²) in [5, 5.41) is 0. The van der Waals surface area contributed by atoms with Gasteiger partial charge in [0.05, 0.1) is 0 Å². The van der Waals surface area contributed by atoms with Crippen LogP contribution in [0.4, 0.5) is 5.69 Å². The number of rotatable bonds is 3. The van der Waals surface area contributed by atoms with Gasteiger partial charge in [0.25, 0.3) is 0 Å². The topological polar surface area (TPSA) is 52.0 Å². The molecule has 0 spiro atoms. The average Bonchev–Trinajstić information content (AvgIpc) is 2.06. The molecule has 0 amide bonds. The van der Waals surface area contributed by atoms with E-state index in [-0.39, 0.29) is 30.9 Å². The van der Waals surface area contributed by atoms with Crippen LogP contribution in [0.3, 0.4) is 0 Å². The highest BCUT2D eigenvalue weighted by Gasteiger charge is 2.02. The standard InChI is InChI=1S/C10H16N2.2ClH/c1-2-3-10(12)8-4-6-9(11)7-5-8;;/h4-7,10H,2-3,11-12H2,1H3;2*1H. The maximum atomic E-state index is 5.91. The molecule has 82 valence electrons. The van der Waals surface area contributed by atoms with Gasteiger partial charge in [-0.2, -0.15) is 0 Å². The number of hydrogen-bond acceptors (Lipinski definition) is 2. The van der Waals surface area contributed by atoms with Gasteiger partial charge >= 0.3 is 0 Å². The molecule has 1 rings (SSSR count). The predicted octanol–water partition coefficient (Wildman–Crippen LogP) is 2.91. The Bertz CT molecular complexity index is 236. The van der Waals surface area contributed by atoms with Gasteiger partial charge in [-0.1, -0.05) is 25.5 Å². The Morgan fingerprint density at radius 2 is 1.64 bits per heavy atom. The molecule has 0 bridgehead atoms. The van der Waals surface area contributed by atoms with Crippen LogP contribution >= 0.6 is 24.8 Å². The van der Waals surface area contributed by atoms with Crippen molar-refractivity contribution < 1.29 is 0 Å². The van der Waals surface area contributed by atoms with Crippen LogP contribution in [-0.2, 0) is 0 Å². The third-order valence-corrected chi connectivity index (χ3v) is 1.96. The number of hydrogen-bond donors (Lipinski definition) is 2. The molecule has 1 aromatic carbocycles. The minimum absolute atomic E-state index is 0. The highest BCUT2D eigenvalue weighted by Crippen LogP contribution is 2.16. The van der Waals surface area contributed by atoms with E-state index in [1.807, 2.05) is 24.3 Å². The number of anilines is 1. The molecule has 0 fully saturated rings. The lowest BCUT2D eigenvalue weighted by Crippen LogP contribution is -2.09. The lowest BCUT2D eigenvalue weighted by Gasteiger charge is -2.10. The molecule has 4 heteroatoms. The Morgan fingerprint density at radius 1 is 1.14 bits per heavy atom. The van der Waals surface area contributed by atoms with Crippen LogP contribution in [0.5, 0.6) is 0 Å². The first-order valence-corrected chi connectivity index (χ1v) is 4.35. The van der Waals surface area contributed by atoms with Gasteiger partial charge in [0, 0.05) is 11.7 Å². The largest absolute Gasteiger partial charge is 0.399 e. The molecule has 4 N–H and O–H groups in total. The number of nitrogens with two attached hydrogens (primary N) is 2. The van der Waals surface area contributed by atoms with Crippen LogP contribution in [0.25, 0.3) is 0 Å². The maximum Gasteiger partial charge on any atom is 0.0314 e. The second-order valence-corrected chi connectivity index (χ2v) is 3.06. The van der Waals surface area contributed by atoms with Gasteiger partial charge in [0.2, 0.25) is 0 Å². The summed E-state index contributed by atoms with van der Waals surface area (Å²) < 4.78 is 0. The van der Waals surface area contributed by atoms with E-state index in [1.165, 1.54) is 5.56 Å². The Labute approximate surface area is 97.9 Å². The summed E-state index contributed by atoms with van der Waals surface area (Å²) in [7, 11) is 0. The smallest absolute Gasteiger partial charge is 0.0314 e. The van der Waals surface area contributed by atoms with E-state index in [9.17, 15) is 0 Å². The third-order valence-electron chi connectivity index (χ3n) is 1.96. The molecule has 1 aromatic rings. The Hall–Kier alpha value is -0.440. The summed E-state index contributed by atoms with van der Waals surface area (Å²) in [6, 6.07) is 7.94. The summed E-state index contributed by atoms with van der Waals surface area (Å²) >= 11 is 0. The quantitative estimate of drug-likeness (QED) is 0.794. The van der Waals surface area contributed by atoms with Crippen LogP contribution in [0.1, 0.15) is 31.4 Å². The highest BCUT2D eigenvalue weighted by molar-refractivity contribution is 5.85. The van der Waals surface area contributed by atoms with Crippen LogP contribution in [0, 0.1) is 0 Å². The van der Waals surface area contributed by atoms with Crippen molar-refractivity contribution in [1.29, 1.82) is 0 Å². The van der Waals surface area contributed by atoms with Gasteiger partial charge in [-0.15, -0.1) is 24.8 Å². The minimum Gasteiger partial charge on any atom is -0.399 e. The maximum absolute atomic E-state index is 5.91. The van der Waals surface area contributed by atoms with Crippen molar-refractivity contribution in [2.45, 2.75) is 25.8 Å². The first-order chi connectivity index (χ1) is 5.74. The van der Waals surface area contributed by atoms with Gasteiger partial charge in [0.1, 0.15) is 0 Å². The van der Waals surface area contributed by atoms with Crippen LogP contribution in [0.2, 0.25) is 0 Å². The molecule has 2 nitrogen and oxygen atoms in total. The first kappa shape index (κ1) is 16.0. The molecule has 0 heterocycles. The molecule has 0 aliphatic carbocycles. The van der Waals surface area contributed by atoms with E-state index >= 15 is 0 Å². The SMILES string of the molecule is CCCC(N)c1ccc(N)cc1.Cl.Cl. The van der Waals surface area contributed by atoms with Crippen LogP contribution in [0.15, 0.2) is 24.3 Å². The van der Waals surface area contributed by atoms with Gasteiger partial charge in [-0.3, -0.25) is 0 Å². The van der Waals surface area contributed by atoms with Crippen molar-refractivity contribution in [1.82, 2.24) is 0 Å². The Balaban J connectivity index is 0. The lowest BCUT2D eigenvalue weighted by atomic mass is 10.0. The molecule has 1 unspecified atom stereocenters. The second-order valence-electron chi connectivity index (χ2n) is 3.06. The van der Waals surface area contributed by atoms with E-state index in [0.717, 1.165) is 18.5 Å². The molecule has 0 aromatic heterocycles. The van der Waals surface area contributed by atoms with Gasteiger partial charge < -0.3 is 11.5 Å². The summed E-state index contributed by atoms with van der Waals surface area (Å²) in [6.45, 7) is 2.14. The number of halogens is 2. The van der Waals surface area contributed by atoms with E-state index in [0.29, 0.717) is 0 Å². The summed E-state index contributed by atoms with van der Waals surface area (Å²) in [5.74, 6) is 0. The number of benzene rings is 1. The zero-order valence-electron chi connectivity index (χ0n) is 8.27. The Morgan fingerprint density at radius 3 is 2.07 bits per heavy atom. The molecular weight excluding hydrogens is 219 g/mol. The molecular formula is C10H18Cl2N2. The van der Waals surface area contributed by atoms with Crippen molar-refractivity contribution in [3.05, 3.63) is 29.8 Å². The minimum atomic E-state index is 0. The monoisotopic (exact) mass is 236 g/mol. The molecule has 0 saturated carbocycles. The third kappa shape index (κ3) is 4.70. The van der Waals surface area contributed by atoms with Crippen LogP contribution < -0.4 is 11.5 Å². The van der Waals surface area contributed by atoms with E-state index in [2.05, 4.69) is 6.92 Å². The Kier molecular flexibility index (Phi) is 9.05. The zero-order valence-corrected chi connectivity index (χ0v) is 9.91. The second kappa shape index (κ2) is 7.92. The fourth-order valence-electron chi connectivity index (χ4n) is 1.22. The summed E-state index contributed by atoms with van der Waals surface area (Å²) in [4.78, 5) is 0. The molecule has 1 atom stereocenters. The van der Waals surface area contributed by atoms with E-state index in [4.69, 9.17) is 11.5 Å². The lowest BCUT2D eigenvalue weighted by molar-refractivity contribution is 0.638.